The third-order valence-electron chi connectivity index (χ3n) is 0.754. The van der Waals surface area contributed by atoms with E-state index in [1.165, 1.54) is 0 Å². The summed E-state index contributed by atoms with van der Waals surface area (Å²) in [5, 5.41) is 13.1. The summed E-state index contributed by atoms with van der Waals surface area (Å²) in [5.41, 5.74) is 0. The SMILES string of the molecule is O=C1CNC(O)N1. The number of hydrogen-bond acceptors (Lipinski definition) is 3. The van der Waals surface area contributed by atoms with Gasteiger partial charge in [0.25, 0.3) is 0 Å². The standard InChI is InChI=1S/C3H6N2O2/c6-2-1-4-3(7)5-2/h3-4,7H,1H2,(H,5,6). The number of hydrogen-bond donors (Lipinski definition) is 3. The highest BCUT2D eigenvalue weighted by molar-refractivity contribution is 5.79. The second kappa shape index (κ2) is 1.48. The summed E-state index contributed by atoms with van der Waals surface area (Å²) in [5.74, 6) is -0.160. The lowest BCUT2D eigenvalue weighted by molar-refractivity contribution is -0.119. The van der Waals surface area contributed by atoms with Gasteiger partial charge in [-0.25, -0.2) is 0 Å². The van der Waals surface area contributed by atoms with Crippen LogP contribution in [0.25, 0.3) is 0 Å². The Bertz CT molecular complexity index is 92.9. The van der Waals surface area contributed by atoms with E-state index in [0.717, 1.165) is 0 Å². The maximum atomic E-state index is 10.1. The van der Waals surface area contributed by atoms with E-state index < -0.39 is 6.35 Å². The summed E-state index contributed by atoms with van der Waals surface area (Å²) < 4.78 is 0. The van der Waals surface area contributed by atoms with Crippen LogP contribution >= 0.6 is 0 Å². The van der Waals surface area contributed by atoms with E-state index in [2.05, 4.69) is 10.6 Å². The number of nitrogens with one attached hydrogen (secondary N) is 2. The van der Waals surface area contributed by atoms with Crippen molar-refractivity contribution in [1.29, 1.82) is 0 Å². The number of amides is 1. The van der Waals surface area contributed by atoms with Crippen LogP contribution < -0.4 is 10.6 Å². The number of rotatable bonds is 0. The monoisotopic (exact) mass is 102 g/mol. The quantitative estimate of drug-likeness (QED) is 0.331. The highest BCUT2D eigenvalue weighted by Crippen LogP contribution is 1.77. The Hall–Kier alpha value is -0.610. The van der Waals surface area contributed by atoms with E-state index in [4.69, 9.17) is 5.11 Å². The molecule has 0 radical (unpaired) electrons. The molecule has 0 aliphatic carbocycles. The van der Waals surface area contributed by atoms with Gasteiger partial charge in [-0.15, -0.1) is 0 Å². The fraction of sp³-hybridized carbons (Fsp3) is 0.667. The van der Waals surface area contributed by atoms with Crippen LogP contribution in [0.1, 0.15) is 0 Å². The minimum atomic E-state index is -0.826. The van der Waals surface area contributed by atoms with Gasteiger partial charge in [0.2, 0.25) is 5.91 Å². The molecule has 4 heteroatoms. The molecule has 1 aliphatic rings. The van der Waals surface area contributed by atoms with E-state index in [1.807, 2.05) is 0 Å². The summed E-state index contributed by atoms with van der Waals surface area (Å²) >= 11 is 0. The predicted octanol–water partition coefficient (Wildman–Crippen LogP) is -2.02. The zero-order chi connectivity index (χ0) is 5.28. The fourth-order valence-electron chi connectivity index (χ4n) is 0.444. The van der Waals surface area contributed by atoms with Crippen molar-refractivity contribution in [3.05, 3.63) is 0 Å². The van der Waals surface area contributed by atoms with Crippen molar-refractivity contribution < 1.29 is 9.90 Å². The van der Waals surface area contributed by atoms with Crippen LogP contribution in [0.4, 0.5) is 0 Å². The second-order valence-corrected chi connectivity index (χ2v) is 1.35. The molecule has 1 saturated heterocycles. The normalized spacial score (nSPS) is 30.4. The molecule has 1 heterocycles. The molecule has 1 fully saturated rings. The first-order valence-electron chi connectivity index (χ1n) is 2.00. The highest BCUT2D eigenvalue weighted by Gasteiger charge is 2.15. The van der Waals surface area contributed by atoms with Gasteiger partial charge < -0.3 is 10.4 Å². The molecule has 7 heavy (non-hydrogen) atoms. The highest BCUT2D eigenvalue weighted by atomic mass is 16.3. The van der Waals surface area contributed by atoms with Crippen molar-refractivity contribution in [2.75, 3.05) is 6.54 Å². The van der Waals surface area contributed by atoms with Gasteiger partial charge in [-0.3, -0.25) is 10.1 Å². The van der Waals surface area contributed by atoms with Crippen LogP contribution in [0.3, 0.4) is 0 Å². The smallest absolute Gasteiger partial charge is 0.237 e. The zero-order valence-corrected chi connectivity index (χ0v) is 3.64. The van der Waals surface area contributed by atoms with Crippen molar-refractivity contribution in [3.63, 3.8) is 0 Å². The van der Waals surface area contributed by atoms with Crippen LogP contribution in [0.2, 0.25) is 0 Å². The van der Waals surface area contributed by atoms with Crippen molar-refractivity contribution in [2.45, 2.75) is 6.35 Å². The van der Waals surface area contributed by atoms with Crippen molar-refractivity contribution in [3.8, 4) is 0 Å². The average Bonchev–Trinajstić information content (AvgIpc) is 1.87. The summed E-state index contributed by atoms with van der Waals surface area (Å²) in [6.45, 7) is 0.223. The first-order chi connectivity index (χ1) is 3.29. The zero-order valence-electron chi connectivity index (χ0n) is 3.64. The molecular formula is C3H6N2O2. The van der Waals surface area contributed by atoms with Crippen LogP contribution in [0, 0.1) is 0 Å². The minimum Gasteiger partial charge on any atom is -0.361 e. The number of aliphatic hydroxyl groups excluding tert-OH is 1. The lowest BCUT2D eigenvalue weighted by Gasteiger charge is -1.95. The van der Waals surface area contributed by atoms with Gasteiger partial charge in [0.05, 0.1) is 6.54 Å². The molecule has 0 aromatic heterocycles. The van der Waals surface area contributed by atoms with Gasteiger partial charge in [-0.1, -0.05) is 0 Å². The molecule has 1 rings (SSSR count). The molecule has 0 aromatic carbocycles. The molecule has 1 unspecified atom stereocenters. The molecular weight excluding hydrogens is 96.0 g/mol. The molecule has 4 nitrogen and oxygen atoms in total. The summed E-state index contributed by atoms with van der Waals surface area (Å²) in [6.07, 6.45) is -0.826. The van der Waals surface area contributed by atoms with Crippen LogP contribution in [0.5, 0.6) is 0 Å². The molecule has 0 aromatic rings. The number of carbonyl (C=O) groups excluding carboxylic acids is 1. The van der Waals surface area contributed by atoms with Crippen LogP contribution in [-0.4, -0.2) is 23.9 Å². The summed E-state index contributed by atoms with van der Waals surface area (Å²) in [7, 11) is 0. The number of aliphatic hydroxyl groups is 1. The first-order valence-corrected chi connectivity index (χ1v) is 2.00. The third-order valence-corrected chi connectivity index (χ3v) is 0.754. The molecule has 0 saturated carbocycles. The average molecular weight is 102 g/mol. The predicted molar refractivity (Wildman–Crippen MR) is 22.2 cm³/mol. The third kappa shape index (κ3) is 0.880. The number of carbonyl (C=O) groups is 1. The Morgan fingerprint density at radius 3 is 2.71 bits per heavy atom. The van der Waals surface area contributed by atoms with Crippen molar-refractivity contribution in [1.82, 2.24) is 10.6 Å². The maximum absolute atomic E-state index is 10.1. The maximum Gasteiger partial charge on any atom is 0.237 e. The summed E-state index contributed by atoms with van der Waals surface area (Å²) in [6, 6.07) is 0. The Balaban J connectivity index is 2.40. The van der Waals surface area contributed by atoms with Gasteiger partial charge >= 0.3 is 0 Å². The molecule has 1 aliphatic heterocycles. The van der Waals surface area contributed by atoms with E-state index >= 15 is 0 Å². The Labute approximate surface area is 40.5 Å². The second-order valence-electron chi connectivity index (χ2n) is 1.35. The molecule has 0 spiro atoms. The largest absolute Gasteiger partial charge is 0.361 e. The Morgan fingerprint density at radius 2 is 2.57 bits per heavy atom. The van der Waals surface area contributed by atoms with Crippen LogP contribution in [0.15, 0.2) is 0 Å². The lowest BCUT2D eigenvalue weighted by atomic mass is 10.7. The molecule has 1 atom stereocenters. The van der Waals surface area contributed by atoms with Gasteiger partial charge in [-0.2, -0.15) is 0 Å². The van der Waals surface area contributed by atoms with Gasteiger partial charge in [0.15, 0.2) is 6.35 Å². The van der Waals surface area contributed by atoms with E-state index in [-0.39, 0.29) is 12.5 Å². The molecule has 40 valence electrons. The Morgan fingerprint density at radius 1 is 1.86 bits per heavy atom. The Kier molecular flexibility index (Phi) is 0.958. The van der Waals surface area contributed by atoms with Gasteiger partial charge in [-0.05, 0) is 0 Å². The topological polar surface area (TPSA) is 61.4 Å². The molecule has 0 bridgehead atoms. The van der Waals surface area contributed by atoms with E-state index in [9.17, 15) is 4.79 Å². The lowest BCUT2D eigenvalue weighted by Crippen LogP contribution is -2.30. The molecule has 3 N–H and O–H groups in total. The van der Waals surface area contributed by atoms with Crippen molar-refractivity contribution in [2.24, 2.45) is 0 Å². The van der Waals surface area contributed by atoms with Gasteiger partial charge in [0.1, 0.15) is 0 Å². The van der Waals surface area contributed by atoms with Gasteiger partial charge in [0, 0.05) is 0 Å². The first kappa shape index (κ1) is 4.55. The van der Waals surface area contributed by atoms with Crippen LogP contribution in [-0.2, 0) is 4.79 Å². The summed E-state index contributed by atoms with van der Waals surface area (Å²) in [4.78, 5) is 10.1. The minimum absolute atomic E-state index is 0.160. The van der Waals surface area contributed by atoms with E-state index in [1.54, 1.807) is 0 Å². The van der Waals surface area contributed by atoms with E-state index in [0.29, 0.717) is 0 Å². The molecule has 1 amide bonds. The fourth-order valence-corrected chi connectivity index (χ4v) is 0.444. The van der Waals surface area contributed by atoms with Crippen molar-refractivity contribution >= 4 is 5.91 Å².